The molecule has 0 aliphatic rings. The molecule has 2 N–H and O–H groups in total. The van der Waals surface area contributed by atoms with Gasteiger partial charge in [0.2, 0.25) is 0 Å². The molecule has 0 saturated heterocycles. The van der Waals surface area contributed by atoms with E-state index in [9.17, 15) is 0 Å². The molecule has 88 valence electrons. The average Bonchev–Trinajstić information content (AvgIpc) is 2.24. The van der Waals surface area contributed by atoms with Gasteiger partial charge in [-0.3, -0.25) is 0 Å². The van der Waals surface area contributed by atoms with E-state index in [-0.39, 0.29) is 6.04 Å². The van der Waals surface area contributed by atoms with Crippen LogP contribution >= 0.6 is 0 Å². The molecule has 0 amide bonds. The third-order valence-electron chi connectivity index (χ3n) is 2.28. The van der Waals surface area contributed by atoms with Gasteiger partial charge in [0.15, 0.2) is 0 Å². The second-order valence-corrected chi connectivity index (χ2v) is 4.11. The zero-order valence-electron chi connectivity index (χ0n) is 9.99. The highest BCUT2D eigenvalue weighted by atomic mass is 16.5. The van der Waals surface area contributed by atoms with Crippen molar-refractivity contribution in [2.75, 3.05) is 6.61 Å². The smallest absolute Gasteiger partial charge is 0.119 e. The van der Waals surface area contributed by atoms with Gasteiger partial charge in [-0.2, -0.15) is 0 Å². The topological polar surface area (TPSA) is 35.2 Å². The highest BCUT2D eigenvalue weighted by Gasteiger charge is 1.99. The summed E-state index contributed by atoms with van der Waals surface area (Å²) < 4.78 is 5.64. The first-order valence-corrected chi connectivity index (χ1v) is 5.80. The maximum absolute atomic E-state index is 5.76. The summed E-state index contributed by atoms with van der Waals surface area (Å²) in [7, 11) is 0. The molecule has 2 nitrogen and oxygen atoms in total. The standard InChI is InChI=1S/C14H21NO/c1-3-4-5-9-16-14-8-6-7-13(11-14)10-12(2)15/h3,6-8,11-12H,1,4-5,9-10,15H2,2H3. The lowest BCUT2D eigenvalue weighted by molar-refractivity contribution is 0.312. The van der Waals surface area contributed by atoms with Crippen LogP contribution in [0.3, 0.4) is 0 Å². The van der Waals surface area contributed by atoms with Crippen molar-refractivity contribution in [3.8, 4) is 5.75 Å². The largest absolute Gasteiger partial charge is 0.494 e. The number of rotatable bonds is 7. The maximum Gasteiger partial charge on any atom is 0.119 e. The molecule has 0 saturated carbocycles. The van der Waals surface area contributed by atoms with Crippen molar-refractivity contribution in [1.29, 1.82) is 0 Å². The Morgan fingerprint density at radius 3 is 3.00 bits per heavy atom. The average molecular weight is 219 g/mol. The third-order valence-corrected chi connectivity index (χ3v) is 2.28. The second-order valence-electron chi connectivity index (χ2n) is 4.11. The van der Waals surface area contributed by atoms with Crippen LogP contribution in [0.2, 0.25) is 0 Å². The van der Waals surface area contributed by atoms with Gasteiger partial charge in [-0.15, -0.1) is 6.58 Å². The van der Waals surface area contributed by atoms with Crippen LogP contribution in [0.1, 0.15) is 25.3 Å². The molecule has 2 heteroatoms. The van der Waals surface area contributed by atoms with E-state index in [0.717, 1.165) is 31.6 Å². The summed E-state index contributed by atoms with van der Waals surface area (Å²) in [5, 5.41) is 0. The Bertz CT molecular complexity index is 320. The third kappa shape index (κ3) is 4.99. The summed E-state index contributed by atoms with van der Waals surface area (Å²) in [6.45, 7) is 6.44. The molecule has 1 atom stereocenters. The molecule has 0 fully saturated rings. The molecule has 0 aromatic heterocycles. The zero-order chi connectivity index (χ0) is 11.8. The first-order valence-electron chi connectivity index (χ1n) is 5.80. The summed E-state index contributed by atoms with van der Waals surface area (Å²) in [5.74, 6) is 0.933. The van der Waals surface area contributed by atoms with Gasteiger partial charge >= 0.3 is 0 Å². The van der Waals surface area contributed by atoms with E-state index in [2.05, 4.69) is 18.7 Å². The molecule has 1 rings (SSSR count). The Kier molecular flexibility index (Phi) is 5.65. The van der Waals surface area contributed by atoms with E-state index in [1.54, 1.807) is 0 Å². The van der Waals surface area contributed by atoms with Crippen LogP contribution in [-0.2, 0) is 6.42 Å². The van der Waals surface area contributed by atoms with Crippen molar-refractivity contribution < 1.29 is 4.74 Å². The first kappa shape index (κ1) is 12.8. The van der Waals surface area contributed by atoms with Crippen molar-refractivity contribution in [2.45, 2.75) is 32.2 Å². The van der Waals surface area contributed by atoms with Crippen LogP contribution in [-0.4, -0.2) is 12.6 Å². The summed E-state index contributed by atoms with van der Waals surface area (Å²) >= 11 is 0. The molecule has 1 unspecified atom stereocenters. The summed E-state index contributed by atoms with van der Waals surface area (Å²) in [6, 6.07) is 8.34. The highest BCUT2D eigenvalue weighted by molar-refractivity contribution is 5.28. The summed E-state index contributed by atoms with van der Waals surface area (Å²) in [4.78, 5) is 0. The number of allylic oxidation sites excluding steroid dienone is 1. The van der Waals surface area contributed by atoms with Gasteiger partial charge in [-0.1, -0.05) is 18.2 Å². The van der Waals surface area contributed by atoms with Crippen LogP contribution in [0.4, 0.5) is 0 Å². The van der Waals surface area contributed by atoms with Crippen LogP contribution < -0.4 is 10.5 Å². The molecular weight excluding hydrogens is 198 g/mol. The minimum absolute atomic E-state index is 0.191. The SMILES string of the molecule is C=CCCCOc1cccc(CC(C)N)c1. The molecule has 0 heterocycles. The molecule has 0 spiro atoms. The van der Waals surface area contributed by atoms with Crippen molar-refractivity contribution in [3.63, 3.8) is 0 Å². The van der Waals surface area contributed by atoms with Crippen molar-refractivity contribution >= 4 is 0 Å². The van der Waals surface area contributed by atoms with Gasteiger partial charge < -0.3 is 10.5 Å². The maximum atomic E-state index is 5.76. The summed E-state index contributed by atoms with van der Waals surface area (Å²) in [5.41, 5.74) is 6.99. The first-order chi connectivity index (χ1) is 7.72. The van der Waals surface area contributed by atoms with Gasteiger partial charge in [-0.05, 0) is 43.9 Å². The lowest BCUT2D eigenvalue weighted by atomic mass is 10.1. The predicted octanol–water partition coefficient (Wildman–Crippen LogP) is 2.92. The normalized spacial score (nSPS) is 12.1. The minimum atomic E-state index is 0.191. The molecule has 1 aromatic rings. The molecule has 0 aliphatic heterocycles. The molecular formula is C14H21NO. The van der Waals surface area contributed by atoms with E-state index < -0.39 is 0 Å². The van der Waals surface area contributed by atoms with E-state index in [1.807, 2.05) is 25.1 Å². The Labute approximate surface area is 98.1 Å². The molecule has 1 aromatic carbocycles. The lowest BCUT2D eigenvalue weighted by Crippen LogP contribution is -2.17. The van der Waals surface area contributed by atoms with Crippen molar-refractivity contribution in [2.24, 2.45) is 5.73 Å². The highest BCUT2D eigenvalue weighted by Crippen LogP contribution is 2.14. The number of benzene rings is 1. The number of hydrogen-bond acceptors (Lipinski definition) is 2. The predicted molar refractivity (Wildman–Crippen MR) is 68.7 cm³/mol. The van der Waals surface area contributed by atoms with E-state index in [0.29, 0.717) is 0 Å². The number of ether oxygens (including phenoxy) is 1. The van der Waals surface area contributed by atoms with Crippen LogP contribution in [0.5, 0.6) is 5.75 Å². The van der Waals surface area contributed by atoms with Gasteiger partial charge in [0.1, 0.15) is 5.75 Å². The zero-order valence-corrected chi connectivity index (χ0v) is 9.99. The molecule has 16 heavy (non-hydrogen) atoms. The number of hydrogen-bond donors (Lipinski definition) is 1. The fraction of sp³-hybridized carbons (Fsp3) is 0.429. The monoisotopic (exact) mass is 219 g/mol. The van der Waals surface area contributed by atoms with Crippen molar-refractivity contribution in [1.82, 2.24) is 0 Å². The Morgan fingerprint density at radius 2 is 2.31 bits per heavy atom. The minimum Gasteiger partial charge on any atom is -0.494 e. The van der Waals surface area contributed by atoms with E-state index >= 15 is 0 Å². The Balaban J connectivity index is 2.43. The molecule has 0 radical (unpaired) electrons. The van der Waals surface area contributed by atoms with Gasteiger partial charge in [0, 0.05) is 6.04 Å². The van der Waals surface area contributed by atoms with Gasteiger partial charge in [0.05, 0.1) is 6.61 Å². The Morgan fingerprint density at radius 1 is 1.50 bits per heavy atom. The second kappa shape index (κ2) is 7.07. The number of unbranched alkanes of at least 4 members (excludes halogenated alkanes) is 1. The van der Waals surface area contributed by atoms with Crippen LogP contribution in [0.25, 0.3) is 0 Å². The lowest BCUT2D eigenvalue weighted by Gasteiger charge is -2.09. The molecule has 0 aliphatic carbocycles. The van der Waals surface area contributed by atoms with Crippen LogP contribution in [0.15, 0.2) is 36.9 Å². The quantitative estimate of drug-likeness (QED) is 0.565. The molecule has 0 bridgehead atoms. The fourth-order valence-electron chi connectivity index (χ4n) is 1.55. The van der Waals surface area contributed by atoms with E-state index in [4.69, 9.17) is 10.5 Å². The van der Waals surface area contributed by atoms with Crippen LogP contribution in [0, 0.1) is 0 Å². The Hall–Kier alpha value is -1.28. The van der Waals surface area contributed by atoms with Gasteiger partial charge in [0.25, 0.3) is 0 Å². The number of nitrogens with two attached hydrogens (primary N) is 1. The van der Waals surface area contributed by atoms with Crippen molar-refractivity contribution in [3.05, 3.63) is 42.5 Å². The van der Waals surface area contributed by atoms with Gasteiger partial charge in [-0.25, -0.2) is 0 Å². The fourth-order valence-corrected chi connectivity index (χ4v) is 1.55. The summed E-state index contributed by atoms with van der Waals surface area (Å²) in [6.07, 6.45) is 4.82. The van der Waals surface area contributed by atoms with E-state index in [1.165, 1.54) is 5.56 Å².